The molecule has 4 N–H and O–H groups in total. The number of fused-ring (bicyclic) bond motifs is 1. The van der Waals surface area contributed by atoms with Crippen molar-refractivity contribution in [2.75, 3.05) is 0 Å². The Kier molecular flexibility index (Phi) is 0.635. The average Bonchev–Trinajstić information content (AvgIpc) is 2.39. The summed E-state index contributed by atoms with van der Waals surface area (Å²) < 4.78 is -0.00694. The summed E-state index contributed by atoms with van der Waals surface area (Å²) in [6.07, 6.45) is 0. The summed E-state index contributed by atoms with van der Waals surface area (Å²) in [5, 5.41) is 0. The maximum absolute atomic E-state index is 5.55. The third-order valence-corrected chi connectivity index (χ3v) is 1.63. The van der Waals surface area contributed by atoms with Crippen LogP contribution in [0.15, 0.2) is 24.3 Å². The molecule has 0 atom stereocenters. The molecule has 0 fully saturated rings. The molecule has 0 aliphatic carbocycles. The lowest BCUT2D eigenvalue weighted by Crippen LogP contribution is -2.45. The lowest BCUT2D eigenvalue weighted by Gasteiger charge is -1.96. The van der Waals surface area contributed by atoms with Crippen molar-refractivity contribution in [3.05, 3.63) is 24.3 Å². The Hall–Kier alpha value is -0.900. The van der Waals surface area contributed by atoms with Crippen molar-refractivity contribution in [2.45, 2.75) is 0 Å². The van der Waals surface area contributed by atoms with Crippen LogP contribution >= 0.6 is 0 Å². The molecule has 0 aromatic heterocycles. The molecular formula is C6H8N3+. The quantitative estimate of drug-likeness (QED) is 0.297. The van der Waals surface area contributed by atoms with Crippen LogP contribution in [0.4, 0.5) is 11.4 Å². The molecule has 1 aromatic rings. The van der Waals surface area contributed by atoms with Gasteiger partial charge in [0.2, 0.25) is 11.4 Å². The third-order valence-electron chi connectivity index (χ3n) is 1.63. The zero-order chi connectivity index (χ0) is 6.48. The van der Waals surface area contributed by atoms with Crippen molar-refractivity contribution < 1.29 is 0 Å². The molecule has 1 heterocycles. The van der Waals surface area contributed by atoms with Gasteiger partial charge < -0.3 is 0 Å². The standard InChI is InChI=1S/C6H8N3/c7-9(8)5-3-1-2-4-6(5)9/h1-4H,7-8H2/q+1. The van der Waals surface area contributed by atoms with Crippen LogP contribution < -0.4 is 16.4 Å². The van der Waals surface area contributed by atoms with Gasteiger partial charge in [-0.1, -0.05) is 12.1 Å². The second kappa shape index (κ2) is 1.16. The minimum absolute atomic E-state index is 0.00694. The molecule has 0 amide bonds. The summed E-state index contributed by atoms with van der Waals surface area (Å²) >= 11 is 0. The summed E-state index contributed by atoms with van der Waals surface area (Å²) in [6.45, 7) is 0. The van der Waals surface area contributed by atoms with E-state index in [1.807, 2.05) is 24.3 Å². The van der Waals surface area contributed by atoms with E-state index in [1.165, 1.54) is 0 Å². The highest BCUT2D eigenvalue weighted by molar-refractivity contribution is 5.84. The van der Waals surface area contributed by atoms with Gasteiger partial charge >= 0.3 is 0 Å². The maximum Gasteiger partial charge on any atom is 0.242 e. The number of nitrogens with zero attached hydrogens (tertiary/aromatic N) is 1. The van der Waals surface area contributed by atoms with E-state index in [0.717, 1.165) is 11.4 Å². The maximum atomic E-state index is 5.55. The second-order valence-electron chi connectivity index (χ2n) is 2.27. The van der Waals surface area contributed by atoms with Crippen LogP contribution in [0.2, 0.25) is 0 Å². The third kappa shape index (κ3) is 0.457. The highest BCUT2D eigenvalue weighted by atomic mass is 15.8. The Morgan fingerprint density at radius 2 is 1.44 bits per heavy atom. The van der Waals surface area contributed by atoms with Gasteiger partial charge in [-0.05, 0) is 0 Å². The van der Waals surface area contributed by atoms with Crippen molar-refractivity contribution in [2.24, 2.45) is 11.7 Å². The Morgan fingerprint density at radius 3 is 1.78 bits per heavy atom. The molecule has 46 valence electrons. The van der Waals surface area contributed by atoms with Crippen LogP contribution in [0.5, 0.6) is 0 Å². The highest BCUT2D eigenvalue weighted by Crippen LogP contribution is 2.48. The van der Waals surface area contributed by atoms with Crippen molar-refractivity contribution >= 4 is 11.4 Å². The number of para-hydroxylation sites is 2. The first-order chi connectivity index (χ1) is 4.23. The average molecular weight is 122 g/mol. The van der Waals surface area contributed by atoms with E-state index in [-0.39, 0.29) is 4.70 Å². The van der Waals surface area contributed by atoms with Gasteiger partial charge in [-0.2, -0.15) is 11.7 Å². The van der Waals surface area contributed by atoms with E-state index in [2.05, 4.69) is 0 Å². The predicted molar refractivity (Wildman–Crippen MR) is 36.3 cm³/mol. The van der Waals surface area contributed by atoms with Gasteiger partial charge in [0, 0.05) is 12.1 Å². The minimum atomic E-state index is -0.00694. The van der Waals surface area contributed by atoms with E-state index < -0.39 is 0 Å². The largest absolute Gasteiger partial charge is 0.242 e. The first-order valence-electron chi connectivity index (χ1n) is 2.79. The zero-order valence-electron chi connectivity index (χ0n) is 4.91. The second-order valence-corrected chi connectivity index (χ2v) is 2.27. The van der Waals surface area contributed by atoms with Crippen molar-refractivity contribution in [3.63, 3.8) is 0 Å². The minimum Gasteiger partial charge on any atom is -0.150 e. The molecule has 3 nitrogen and oxygen atoms in total. The van der Waals surface area contributed by atoms with Crippen LogP contribution in [-0.4, -0.2) is 0 Å². The van der Waals surface area contributed by atoms with Gasteiger partial charge in [-0.3, -0.25) is 0 Å². The van der Waals surface area contributed by atoms with Gasteiger partial charge in [-0.25, -0.2) is 0 Å². The molecule has 1 aliphatic rings. The topological polar surface area (TPSA) is 52.0 Å². The Morgan fingerprint density at radius 1 is 1.00 bits per heavy atom. The van der Waals surface area contributed by atoms with Gasteiger partial charge in [-0.15, -0.1) is 4.70 Å². The molecule has 2 rings (SSSR count). The first-order valence-corrected chi connectivity index (χ1v) is 2.79. The number of nitrogens with two attached hydrogens (primary N) is 2. The molecule has 3 heteroatoms. The van der Waals surface area contributed by atoms with Gasteiger partial charge in [0.25, 0.3) is 0 Å². The molecule has 1 aliphatic heterocycles. The molecule has 1 aromatic carbocycles. The van der Waals surface area contributed by atoms with Crippen molar-refractivity contribution in [1.29, 1.82) is 0 Å². The number of hydrogen-bond acceptors (Lipinski definition) is 2. The van der Waals surface area contributed by atoms with Crippen LogP contribution in [0.1, 0.15) is 0 Å². The zero-order valence-corrected chi connectivity index (χ0v) is 4.91. The van der Waals surface area contributed by atoms with Gasteiger partial charge in [0.1, 0.15) is 0 Å². The monoisotopic (exact) mass is 122 g/mol. The summed E-state index contributed by atoms with van der Waals surface area (Å²) in [6, 6.07) is 7.71. The fraction of sp³-hybridized carbons (Fsp3) is 0. The molecular weight excluding hydrogens is 114 g/mol. The summed E-state index contributed by atoms with van der Waals surface area (Å²) in [5.74, 6) is 11.1. The molecule has 0 bridgehead atoms. The molecule has 0 unspecified atom stereocenters. The molecule has 0 saturated carbocycles. The fourth-order valence-electron chi connectivity index (χ4n) is 1.02. The summed E-state index contributed by atoms with van der Waals surface area (Å²) in [5.41, 5.74) is 2.02. The fourth-order valence-corrected chi connectivity index (χ4v) is 1.02. The first kappa shape index (κ1) is 4.93. The molecule has 0 spiro atoms. The van der Waals surface area contributed by atoms with E-state index in [9.17, 15) is 0 Å². The number of quaternary nitrogens is 1. The van der Waals surface area contributed by atoms with Gasteiger partial charge in [0.05, 0.1) is 0 Å². The van der Waals surface area contributed by atoms with Crippen molar-refractivity contribution in [1.82, 2.24) is 4.70 Å². The molecule has 9 heavy (non-hydrogen) atoms. The molecule has 0 radical (unpaired) electrons. The summed E-state index contributed by atoms with van der Waals surface area (Å²) in [4.78, 5) is 0. The van der Waals surface area contributed by atoms with E-state index in [1.54, 1.807) is 0 Å². The van der Waals surface area contributed by atoms with Crippen LogP contribution in [0.3, 0.4) is 0 Å². The van der Waals surface area contributed by atoms with Crippen LogP contribution in [0.25, 0.3) is 0 Å². The van der Waals surface area contributed by atoms with Crippen LogP contribution in [-0.2, 0) is 0 Å². The number of benzene rings is 1. The Labute approximate surface area is 53.0 Å². The highest BCUT2D eigenvalue weighted by Gasteiger charge is 2.48. The van der Waals surface area contributed by atoms with Crippen molar-refractivity contribution in [3.8, 4) is 0 Å². The lowest BCUT2D eigenvalue weighted by molar-refractivity contribution is 0.509. The number of rotatable bonds is 0. The lowest BCUT2D eigenvalue weighted by atomic mass is 10.4. The SMILES string of the molecule is N[N+]1(N)c2ccccc21. The van der Waals surface area contributed by atoms with Crippen LogP contribution in [0, 0.1) is 0 Å². The van der Waals surface area contributed by atoms with E-state index in [4.69, 9.17) is 11.7 Å². The Balaban J connectivity index is 2.58. The predicted octanol–water partition coefficient (Wildman–Crippen LogP) is 0.386. The smallest absolute Gasteiger partial charge is 0.150 e. The number of hydrogen-bond donors (Lipinski definition) is 2. The van der Waals surface area contributed by atoms with E-state index >= 15 is 0 Å². The summed E-state index contributed by atoms with van der Waals surface area (Å²) in [7, 11) is 0. The molecule has 0 saturated heterocycles. The van der Waals surface area contributed by atoms with Gasteiger partial charge in [0.15, 0.2) is 0 Å². The normalized spacial score (nSPS) is 18.9. The van der Waals surface area contributed by atoms with E-state index in [0.29, 0.717) is 0 Å². The Bertz CT molecular complexity index is 229.